The SMILES string of the molecule is Cc1cc(F)c(C(=O)Nc2cccc(-n3nnnc3C(C)C)n2)cc1-c1cnn(C2CC2)c1. The third kappa shape index (κ3) is 4.11. The number of halogens is 1. The Morgan fingerprint density at radius 2 is 2.06 bits per heavy atom. The van der Waals surface area contributed by atoms with Crippen molar-refractivity contribution < 1.29 is 9.18 Å². The Morgan fingerprint density at radius 3 is 2.82 bits per heavy atom. The zero-order valence-corrected chi connectivity index (χ0v) is 18.5. The average Bonchev–Trinajstić information content (AvgIpc) is 3.31. The molecule has 1 amide bonds. The lowest BCUT2D eigenvalue weighted by Crippen LogP contribution is -2.16. The smallest absolute Gasteiger partial charge is 0.259 e. The predicted molar refractivity (Wildman–Crippen MR) is 120 cm³/mol. The van der Waals surface area contributed by atoms with Gasteiger partial charge in [-0.1, -0.05) is 19.9 Å². The summed E-state index contributed by atoms with van der Waals surface area (Å²) in [6.07, 6.45) is 5.94. The van der Waals surface area contributed by atoms with Crippen molar-refractivity contribution in [1.82, 2.24) is 35.0 Å². The fourth-order valence-corrected chi connectivity index (χ4v) is 3.69. The molecule has 0 saturated heterocycles. The molecule has 9 nitrogen and oxygen atoms in total. The van der Waals surface area contributed by atoms with E-state index in [9.17, 15) is 9.18 Å². The monoisotopic (exact) mass is 446 g/mol. The molecule has 10 heteroatoms. The number of pyridine rings is 1. The number of carbonyl (C=O) groups is 1. The minimum Gasteiger partial charge on any atom is -0.306 e. The molecule has 0 radical (unpaired) electrons. The minimum absolute atomic E-state index is 0.0627. The highest BCUT2D eigenvalue weighted by atomic mass is 19.1. The fraction of sp³-hybridized carbons (Fsp3) is 0.304. The quantitative estimate of drug-likeness (QED) is 0.479. The second-order valence-corrected chi connectivity index (χ2v) is 8.53. The van der Waals surface area contributed by atoms with Crippen LogP contribution in [0.4, 0.5) is 10.2 Å². The fourth-order valence-electron chi connectivity index (χ4n) is 3.69. The Balaban J connectivity index is 1.42. The zero-order chi connectivity index (χ0) is 23.1. The van der Waals surface area contributed by atoms with E-state index >= 15 is 0 Å². The van der Waals surface area contributed by atoms with Gasteiger partial charge in [-0.2, -0.15) is 9.78 Å². The van der Waals surface area contributed by atoms with Gasteiger partial charge in [-0.3, -0.25) is 9.48 Å². The maximum absolute atomic E-state index is 14.8. The highest BCUT2D eigenvalue weighted by molar-refractivity contribution is 6.04. The molecule has 0 atom stereocenters. The molecule has 1 aliphatic carbocycles. The normalized spacial score (nSPS) is 13.5. The highest BCUT2D eigenvalue weighted by Gasteiger charge is 2.25. The summed E-state index contributed by atoms with van der Waals surface area (Å²) in [5.41, 5.74) is 2.30. The Hall–Kier alpha value is -3.95. The number of aromatic nitrogens is 7. The molecule has 0 unspecified atom stereocenters. The van der Waals surface area contributed by atoms with Crippen molar-refractivity contribution in [1.29, 1.82) is 0 Å². The van der Waals surface area contributed by atoms with Crippen LogP contribution in [0.3, 0.4) is 0 Å². The molecular weight excluding hydrogens is 423 g/mol. The van der Waals surface area contributed by atoms with E-state index in [1.807, 2.05) is 31.6 Å². The van der Waals surface area contributed by atoms with E-state index in [0.717, 1.165) is 29.5 Å². The number of anilines is 1. The second kappa shape index (κ2) is 8.19. The molecule has 1 saturated carbocycles. The van der Waals surface area contributed by atoms with E-state index in [1.165, 1.54) is 10.7 Å². The van der Waals surface area contributed by atoms with Crippen LogP contribution < -0.4 is 5.32 Å². The first-order valence-electron chi connectivity index (χ1n) is 10.8. The minimum atomic E-state index is -0.595. The summed E-state index contributed by atoms with van der Waals surface area (Å²) in [6, 6.07) is 8.48. The number of benzene rings is 1. The molecule has 1 aromatic carbocycles. The van der Waals surface area contributed by atoms with Crippen LogP contribution in [-0.2, 0) is 0 Å². The molecule has 1 fully saturated rings. The van der Waals surface area contributed by atoms with Crippen LogP contribution in [0.5, 0.6) is 0 Å². The van der Waals surface area contributed by atoms with Crippen molar-refractivity contribution in [3.63, 3.8) is 0 Å². The van der Waals surface area contributed by atoms with Gasteiger partial charge in [0.15, 0.2) is 11.6 Å². The standard InChI is InChI=1S/C23H23FN8O/c1-13(2)22-28-29-30-32(22)21-6-4-5-20(26-21)27-23(33)18-10-17(14(3)9-19(18)24)15-11-25-31(12-15)16-7-8-16/h4-6,9-13,16H,7-8H2,1-3H3,(H,26,27,33). The van der Waals surface area contributed by atoms with Crippen molar-refractivity contribution in [2.45, 2.75) is 45.6 Å². The molecule has 33 heavy (non-hydrogen) atoms. The first kappa shape index (κ1) is 20.9. The summed E-state index contributed by atoms with van der Waals surface area (Å²) in [5, 5.41) is 18.8. The lowest BCUT2D eigenvalue weighted by Gasteiger charge is -2.11. The largest absolute Gasteiger partial charge is 0.306 e. The van der Waals surface area contributed by atoms with Gasteiger partial charge in [0.1, 0.15) is 11.6 Å². The third-order valence-electron chi connectivity index (χ3n) is 5.60. The molecule has 1 N–H and O–H groups in total. The molecule has 1 aliphatic rings. The molecule has 0 spiro atoms. The third-order valence-corrected chi connectivity index (χ3v) is 5.60. The molecule has 0 aliphatic heterocycles. The van der Waals surface area contributed by atoms with Gasteiger partial charge in [-0.15, -0.1) is 5.10 Å². The van der Waals surface area contributed by atoms with Gasteiger partial charge in [0.25, 0.3) is 5.91 Å². The number of carbonyl (C=O) groups excluding carboxylic acids is 1. The molecule has 0 bridgehead atoms. The first-order valence-corrected chi connectivity index (χ1v) is 10.8. The van der Waals surface area contributed by atoms with Crippen molar-refractivity contribution in [2.75, 3.05) is 5.32 Å². The summed E-state index contributed by atoms with van der Waals surface area (Å²) in [4.78, 5) is 17.4. The van der Waals surface area contributed by atoms with E-state index in [4.69, 9.17) is 0 Å². The van der Waals surface area contributed by atoms with Crippen LogP contribution in [0.25, 0.3) is 16.9 Å². The van der Waals surface area contributed by atoms with Crippen molar-refractivity contribution in [3.05, 3.63) is 65.5 Å². The summed E-state index contributed by atoms with van der Waals surface area (Å²) in [5.74, 6) is 0.275. The number of rotatable bonds is 6. The van der Waals surface area contributed by atoms with E-state index in [1.54, 1.807) is 30.5 Å². The van der Waals surface area contributed by atoms with E-state index in [2.05, 4.69) is 30.9 Å². The van der Waals surface area contributed by atoms with Gasteiger partial charge >= 0.3 is 0 Å². The Kier molecular flexibility index (Phi) is 5.20. The number of tetrazole rings is 1. The molecule has 3 heterocycles. The van der Waals surface area contributed by atoms with Gasteiger partial charge in [-0.05, 0) is 65.6 Å². The summed E-state index contributed by atoms with van der Waals surface area (Å²) in [6.45, 7) is 5.76. The number of nitrogens with one attached hydrogen (secondary N) is 1. The second-order valence-electron chi connectivity index (χ2n) is 8.53. The van der Waals surface area contributed by atoms with Crippen molar-refractivity contribution in [3.8, 4) is 16.9 Å². The molecular formula is C23H23FN8O. The van der Waals surface area contributed by atoms with E-state index in [-0.39, 0.29) is 17.3 Å². The maximum Gasteiger partial charge on any atom is 0.259 e. The lowest BCUT2D eigenvalue weighted by atomic mass is 9.99. The molecule has 5 rings (SSSR count). The van der Waals surface area contributed by atoms with Gasteiger partial charge in [-0.25, -0.2) is 9.37 Å². The summed E-state index contributed by atoms with van der Waals surface area (Å²) < 4.78 is 18.2. The molecule has 3 aromatic heterocycles. The van der Waals surface area contributed by atoms with Crippen LogP contribution in [0.15, 0.2) is 42.7 Å². The van der Waals surface area contributed by atoms with Crippen molar-refractivity contribution >= 4 is 11.7 Å². The molecule has 4 aromatic rings. The van der Waals surface area contributed by atoms with Crippen LogP contribution >= 0.6 is 0 Å². The molecule has 168 valence electrons. The van der Waals surface area contributed by atoms with E-state index in [0.29, 0.717) is 17.7 Å². The van der Waals surface area contributed by atoms with Crippen LogP contribution in [0.2, 0.25) is 0 Å². The van der Waals surface area contributed by atoms with Crippen molar-refractivity contribution in [2.24, 2.45) is 0 Å². The maximum atomic E-state index is 14.8. The first-order chi connectivity index (χ1) is 15.9. The Bertz CT molecular complexity index is 1340. The average molecular weight is 446 g/mol. The number of hydrogen-bond acceptors (Lipinski definition) is 6. The highest BCUT2D eigenvalue weighted by Crippen LogP contribution is 2.36. The van der Waals surface area contributed by atoms with Gasteiger partial charge in [0.05, 0.1) is 17.8 Å². The zero-order valence-electron chi connectivity index (χ0n) is 18.5. The Labute approximate surface area is 189 Å². The van der Waals surface area contributed by atoms with Gasteiger partial charge < -0.3 is 5.32 Å². The van der Waals surface area contributed by atoms with Crippen LogP contribution in [-0.4, -0.2) is 40.9 Å². The van der Waals surface area contributed by atoms with Gasteiger partial charge in [0, 0.05) is 17.7 Å². The van der Waals surface area contributed by atoms with Crippen LogP contribution in [0.1, 0.15) is 60.4 Å². The summed E-state index contributed by atoms with van der Waals surface area (Å²) in [7, 11) is 0. The topological polar surface area (TPSA) is 103 Å². The number of hydrogen-bond donors (Lipinski definition) is 1. The number of aryl methyl sites for hydroxylation is 1. The predicted octanol–water partition coefficient (Wildman–Crippen LogP) is 4.08. The van der Waals surface area contributed by atoms with Gasteiger partial charge in [0.2, 0.25) is 0 Å². The Morgan fingerprint density at radius 1 is 1.24 bits per heavy atom. The summed E-state index contributed by atoms with van der Waals surface area (Å²) >= 11 is 0. The number of nitrogens with zero attached hydrogens (tertiary/aromatic N) is 7. The van der Waals surface area contributed by atoms with Crippen LogP contribution in [0, 0.1) is 12.7 Å². The number of amides is 1. The lowest BCUT2D eigenvalue weighted by molar-refractivity contribution is 0.102. The van der Waals surface area contributed by atoms with E-state index < -0.39 is 11.7 Å².